The van der Waals surface area contributed by atoms with Crippen molar-refractivity contribution in [3.63, 3.8) is 0 Å². The zero-order chi connectivity index (χ0) is 5.54. The third kappa shape index (κ3) is 5.45. The van der Waals surface area contributed by atoms with Crippen LogP contribution in [0.3, 0.4) is 0 Å². The second-order valence-electron chi connectivity index (χ2n) is 1.33. The molecule has 0 saturated carbocycles. The summed E-state index contributed by atoms with van der Waals surface area (Å²) < 4.78 is 0. The molecule has 0 amide bonds. The molecule has 1 aliphatic heterocycles. The second-order valence-corrected chi connectivity index (χ2v) is 1.33. The molecule has 1 saturated heterocycles. The Morgan fingerprint density at radius 1 is 1.57 bits per heavy atom. The van der Waals surface area contributed by atoms with E-state index in [-0.39, 0.29) is 0 Å². The molecule has 1 aliphatic rings. The van der Waals surface area contributed by atoms with Crippen LogP contribution in [0.15, 0.2) is 0 Å². The van der Waals surface area contributed by atoms with E-state index in [1.807, 2.05) is 0 Å². The lowest BCUT2D eigenvalue weighted by Gasteiger charge is -2.09. The van der Waals surface area contributed by atoms with Crippen LogP contribution in [-0.2, 0) is 0 Å². The maximum atomic E-state index is 7.32. The van der Waals surface area contributed by atoms with E-state index in [2.05, 4.69) is 5.32 Å². The third-order valence-electron chi connectivity index (χ3n) is 0.707. The van der Waals surface area contributed by atoms with Crippen LogP contribution in [0.2, 0.25) is 0 Å². The summed E-state index contributed by atoms with van der Waals surface area (Å²) in [7, 11) is 0. The molecule has 1 rings (SSSR count). The molecule has 0 aromatic carbocycles. The number of nitriles is 1. The van der Waals surface area contributed by atoms with Gasteiger partial charge < -0.3 is 5.32 Å². The molecule has 0 atom stereocenters. The average molecular weight is 98.1 g/mol. The van der Waals surface area contributed by atoms with E-state index >= 15 is 0 Å². The lowest BCUT2D eigenvalue weighted by molar-refractivity contribution is 0.527. The predicted molar refractivity (Wildman–Crippen MR) is 28.8 cm³/mol. The van der Waals surface area contributed by atoms with Crippen LogP contribution in [0.5, 0.6) is 0 Å². The summed E-state index contributed by atoms with van der Waals surface area (Å²) in [5.74, 6) is 0. The molecule has 0 radical (unpaired) electrons. The highest BCUT2D eigenvalue weighted by atomic mass is 14.9. The van der Waals surface area contributed by atoms with E-state index in [1.54, 1.807) is 6.07 Å². The summed E-state index contributed by atoms with van der Waals surface area (Å²) in [5, 5.41) is 10.4. The van der Waals surface area contributed by atoms with Gasteiger partial charge in [-0.3, -0.25) is 0 Å². The van der Waals surface area contributed by atoms with Crippen molar-refractivity contribution in [1.82, 2.24) is 5.32 Å². The van der Waals surface area contributed by atoms with Gasteiger partial charge in [-0.1, -0.05) is 0 Å². The number of hydrogen-bond donors (Lipinski definition) is 1. The van der Waals surface area contributed by atoms with E-state index in [0.717, 1.165) is 0 Å². The molecular formula is C5H10N2. The third-order valence-corrected chi connectivity index (χ3v) is 0.707. The van der Waals surface area contributed by atoms with Crippen LogP contribution < -0.4 is 5.32 Å². The first-order valence-corrected chi connectivity index (χ1v) is 2.43. The standard InChI is InChI=1S/C3H7N.C2H3N/c1-2-4-3-1;1-2-3/h4H,1-3H2;1H3. The maximum absolute atomic E-state index is 7.32. The zero-order valence-electron chi connectivity index (χ0n) is 4.57. The molecule has 1 heterocycles. The number of nitrogens with zero attached hydrogens (tertiary/aromatic N) is 1. The highest BCUT2D eigenvalue weighted by Crippen LogP contribution is 1.80. The summed E-state index contributed by atoms with van der Waals surface area (Å²) in [6, 6.07) is 1.75. The van der Waals surface area contributed by atoms with Gasteiger partial charge in [0.2, 0.25) is 0 Å². The first-order chi connectivity index (χ1) is 3.41. The zero-order valence-corrected chi connectivity index (χ0v) is 4.57. The Morgan fingerprint density at radius 3 is 1.71 bits per heavy atom. The summed E-state index contributed by atoms with van der Waals surface area (Å²) in [6.07, 6.45) is 1.39. The van der Waals surface area contributed by atoms with E-state index in [9.17, 15) is 0 Å². The fourth-order valence-electron chi connectivity index (χ4n) is 0.177. The molecule has 0 aromatic heterocycles. The normalized spacial score (nSPS) is 14.9. The van der Waals surface area contributed by atoms with Crippen LogP contribution in [0.4, 0.5) is 0 Å². The molecule has 40 valence electrons. The Bertz CT molecular complexity index is 55.0. The van der Waals surface area contributed by atoms with Crippen LogP contribution >= 0.6 is 0 Å². The van der Waals surface area contributed by atoms with Crippen molar-refractivity contribution in [1.29, 1.82) is 5.26 Å². The van der Waals surface area contributed by atoms with Crippen LogP contribution in [-0.4, -0.2) is 13.1 Å². The SMILES string of the molecule is C1CNC1.CC#N. The highest BCUT2D eigenvalue weighted by Gasteiger charge is 1.92. The molecule has 0 bridgehead atoms. The minimum atomic E-state index is 1.25. The molecule has 0 spiro atoms. The van der Waals surface area contributed by atoms with Gasteiger partial charge in [0, 0.05) is 6.92 Å². The Labute approximate surface area is 44.1 Å². The molecule has 1 N–H and O–H groups in total. The fraction of sp³-hybridized carbons (Fsp3) is 0.800. The number of nitrogens with one attached hydrogen (secondary N) is 1. The van der Waals surface area contributed by atoms with Gasteiger partial charge in [0.25, 0.3) is 0 Å². The van der Waals surface area contributed by atoms with E-state index in [1.165, 1.54) is 26.4 Å². The van der Waals surface area contributed by atoms with Crippen LogP contribution in [0, 0.1) is 11.3 Å². The minimum absolute atomic E-state index is 1.25. The highest BCUT2D eigenvalue weighted by molar-refractivity contribution is 4.56. The van der Waals surface area contributed by atoms with Gasteiger partial charge in [-0.2, -0.15) is 5.26 Å². The summed E-state index contributed by atoms with van der Waals surface area (Å²) in [6.45, 7) is 3.93. The van der Waals surface area contributed by atoms with Crippen molar-refractivity contribution >= 4 is 0 Å². The molecule has 0 aliphatic carbocycles. The van der Waals surface area contributed by atoms with Crippen molar-refractivity contribution < 1.29 is 0 Å². The van der Waals surface area contributed by atoms with Gasteiger partial charge in [-0.15, -0.1) is 0 Å². The topological polar surface area (TPSA) is 35.8 Å². The van der Waals surface area contributed by atoms with Crippen molar-refractivity contribution in [3.8, 4) is 6.07 Å². The molecule has 0 aromatic rings. The molecular weight excluding hydrogens is 88.1 g/mol. The van der Waals surface area contributed by atoms with Gasteiger partial charge in [-0.25, -0.2) is 0 Å². The maximum Gasteiger partial charge on any atom is 0.0587 e. The molecule has 2 nitrogen and oxygen atoms in total. The first-order valence-electron chi connectivity index (χ1n) is 2.43. The van der Waals surface area contributed by atoms with Gasteiger partial charge in [0.1, 0.15) is 0 Å². The monoisotopic (exact) mass is 98.1 g/mol. The van der Waals surface area contributed by atoms with Crippen molar-refractivity contribution in [3.05, 3.63) is 0 Å². The largest absolute Gasteiger partial charge is 0.317 e. The van der Waals surface area contributed by atoms with E-state index < -0.39 is 0 Å². The number of rotatable bonds is 0. The Hall–Kier alpha value is -0.550. The summed E-state index contributed by atoms with van der Waals surface area (Å²) in [4.78, 5) is 0. The average Bonchev–Trinajstić information content (AvgIpc) is 1.27. The van der Waals surface area contributed by atoms with Crippen molar-refractivity contribution in [2.45, 2.75) is 13.3 Å². The molecule has 7 heavy (non-hydrogen) atoms. The van der Waals surface area contributed by atoms with Gasteiger partial charge in [-0.05, 0) is 19.5 Å². The number of hydrogen-bond acceptors (Lipinski definition) is 2. The Morgan fingerprint density at radius 2 is 1.71 bits per heavy atom. The predicted octanol–water partition coefficient (Wildman–Crippen LogP) is 0.510. The smallest absolute Gasteiger partial charge is 0.0587 e. The first kappa shape index (κ1) is 6.45. The quantitative estimate of drug-likeness (QED) is 0.479. The Balaban J connectivity index is 0.000000110. The fourth-order valence-corrected chi connectivity index (χ4v) is 0.177. The Kier molecular flexibility index (Phi) is 5.02. The van der Waals surface area contributed by atoms with Crippen molar-refractivity contribution in [2.75, 3.05) is 13.1 Å². The van der Waals surface area contributed by atoms with Gasteiger partial charge in [0.05, 0.1) is 6.07 Å². The lowest BCUT2D eigenvalue weighted by atomic mass is 10.3. The van der Waals surface area contributed by atoms with E-state index in [0.29, 0.717) is 0 Å². The summed E-state index contributed by atoms with van der Waals surface area (Å²) >= 11 is 0. The molecule has 0 unspecified atom stereocenters. The lowest BCUT2D eigenvalue weighted by Crippen LogP contribution is -2.29. The van der Waals surface area contributed by atoms with E-state index in [4.69, 9.17) is 5.26 Å². The minimum Gasteiger partial charge on any atom is -0.317 e. The van der Waals surface area contributed by atoms with Gasteiger partial charge in [0.15, 0.2) is 0 Å². The van der Waals surface area contributed by atoms with Gasteiger partial charge >= 0.3 is 0 Å². The molecule has 2 heteroatoms. The van der Waals surface area contributed by atoms with Crippen LogP contribution in [0.25, 0.3) is 0 Å². The summed E-state index contributed by atoms with van der Waals surface area (Å²) in [5.41, 5.74) is 0. The van der Waals surface area contributed by atoms with Crippen molar-refractivity contribution in [2.24, 2.45) is 0 Å². The second kappa shape index (κ2) is 5.45. The van der Waals surface area contributed by atoms with Crippen LogP contribution in [0.1, 0.15) is 13.3 Å². The molecule has 1 fully saturated rings.